The molecule has 0 radical (unpaired) electrons. The van der Waals surface area contributed by atoms with Gasteiger partial charge in [0, 0.05) is 18.1 Å². The molecule has 5 N–H and O–H groups in total. The highest BCUT2D eigenvalue weighted by molar-refractivity contribution is 6.01. The second-order valence-corrected chi connectivity index (χ2v) is 8.54. The Kier molecular flexibility index (Phi) is 8.75. The zero-order valence-electron chi connectivity index (χ0n) is 21.1. The van der Waals surface area contributed by atoms with E-state index in [1.54, 1.807) is 43.3 Å². The lowest BCUT2D eigenvalue weighted by molar-refractivity contribution is -0.112. The summed E-state index contributed by atoms with van der Waals surface area (Å²) in [5, 5.41) is 16.8. The molecular formula is C30H28FN3O5. The molecule has 9 heteroatoms. The molecule has 4 rings (SSSR count). The summed E-state index contributed by atoms with van der Waals surface area (Å²) in [6.45, 7) is 1.93. The van der Waals surface area contributed by atoms with Crippen molar-refractivity contribution in [3.05, 3.63) is 108 Å². The number of nitrogen functional groups attached to an aromatic ring is 1. The highest BCUT2D eigenvalue weighted by Crippen LogP contribution is 2.30. The molecule has 0 spiro atoms. The van der Waals surface area contributed by atoms with E-state index in [-0.39, 0.29) is 12.2 Å². The van der Waals surface area contributed by atoms with Crippen molar-refractivity contribution in [2.45, 2.75) is 19.1 Å². The average molecular weight is 530 g/mol. The molecule has 4 aromatic rings. The topological polar surface area (TPSA) is 123 Å². The molecule has 0 bridgehead atoms. The van der Waals surface area contributed by atoms with Crippen LogP contribution in [0.5, 0.6) is 5.75 Å². The third-order valence-corrected chi connectivity index (χ3v) is 5.87. The van der Waals surface area contributed by atoms with Gasteiger partial charge >= 0.3 is 6.09 Å². The number of ether oxygens (including phenoxy) is 2. The number of benzene rings is 4. The smallest absolute Gasteiger partial charge is 0.412 e. The summed E-state index contributed by atoms with van der Waals surface area (Å²) in [4.78, 5) is 25.7. The van der Waals surface area contributed by atoms with Crippen molar-refractivity contribution in [1.29, 1.82) is 0 Å². The maximum atomic E-state index is 14.3. The third-order valence-electron chi connectivity index (χ3n) is 5.87. The Hall–Kier alpha value is -4.89. The Morgan fingerprint density at radius 3 is 2.46 bits per heavy atom. The number of para-hydroxylation sites is 2. The number of phenols is 1. The van der Waals surface area contributed by atoms with Crippen LogP contribution in [-0.4, -0.2) is 29.8 Å². The molecule has 0 saturated carbocycles. The van der Waals surface area contributed by atoms with Crippen LogP contribution in [-0.2, 0) is 14.3 Å². The van der Waals surface area contributed by atoms with E-state index in [4.69, 9.17) is 15.2 Å². The predicted molar refractivity (Wildman–Crippen MR) is 149 cm³/mol. The zero-order chi connectivity index (χ0) is 27.8. The first-order valence-electron chi connectivity index (χ1n) is 12.2. The molecule has 8 nitrogen and oxygen atoms in total. The Labute approximate surface area is 224 Å². The van der Waals surface area contributed by atoms with E-state index in [1.165, 1.54) is 18.2 Å². The first kappa shape index (κ1) is 27.2. The molecule has 4 aromatic carbocycles. The number of fused-ring (bicyclic) bond motifs is 1. The van der Waals surface area contributed by atoms with E-state index in [0.717, 1.165) is 22.9 Å². The molecule has 0 unspecified atom stereocenters. The van der Waals surface area contributed by atoms with Gasteiger partial charge in [0.25, 0.3) is 0 Å². The van der Waals surface area contributed by atoms with Crippen molar-refractivity contribution in [3.63, 3.8) is 0 Å². The van der Waals surface area contributed by atoms with Crippen LogP contribution in [0.1, 0.15) is 18.6 Å². The number of hydrogen-bond donors (Lipinski definition) is 4. The van der Waals surface area contributed by atoms with Gasteiger partial charge in [0.05, 0.1) is 17.1 Å². The fourth-order valence-electron chi connectivity index (χ4n) is 4.02. The number of amides is 2. The Morgan fingerprint density at radius 2 is 1.69 bits per heavy atom. The number of phenolic OH excluding ortho intramolecular Hbond substituents is 1. The molecule has 200 valence electrons. The molecular weight excluding hydrogens is 501 g/mol. The lowest BCUT2D eigenvalue weighted by Crippen LogP contribution is -2.28. The van der Waals surface area contributed by atoms with Crippen LogP contribution in [0.15, 0.2) is 97.1 Å². The second-order valence-electron chi connectivity index (χ2n) is 8.54. The summed E-state index contributed by atoms with van der Waals surface area (Å²) in [5.41, 5.74) is 7.46. The number of rotatable bonds is 9. The van der Waals surface area contributed by atoms with Crippen molar-refractivity contribution in [2.75, 3.05) is 23.0 Å². The SMILES string of the molecule is CCO[C@H](/C=C/C(=O)Nc1ccccc1N)[C@H](OC(=O)Nc1cccc2ccccc12)c1ccc(O)c(F)c1. The quantitative estimate of drug-likeness (QED) is 0.152. The van der Waals surface area contributed by atoms with Gasteiger partial charge in [-0.25, -0.2) is 9.18 Å². The number of carbonyl (C=O) groups is 2. The third kappa shape index (κ3) is 6.91. The van der Waals surface area contributed by atoms with Gasteiger partial charge in [-0.1, -0.05) is 54.6 Å². The van der Waals surface area contributed by atoms with Crippen LogP contribution in [0.3, 0.4) is 0 Å². The Bertz CT molecular complexity index is 1500. The summed E-state index contributed by atoms with van der Waals surface area (Å²) in [5.74, 6) is -1.94. The summed E-state index contributed by atoms with van der Waals surface area (Å²) < 4.78 is 25.8. The minimum Gasteiger partial charge on any atom is -0.505 e. The summed E-state index contributed by atoms with van der Waals surface area (Å²) in [6, 6.07) is 23.4. The Morgan fingerprint density at radius 1 is 0.974 bits per heavy atom. The van der Waals surface area contributed by atoms with Crippen LogP contribution >= 0.6 is 0 Å². The monoisotopic (exact) mass is 529 g/mol. The van der Waals surface area contributed by atoms with Gasteiger partial charge in [-0.2, -0.15) is 0 Å². The van der Waals surface area contributed by atoms with Crippen molar-refractivity contribution in [2.24, 2.45) is 0 Å². The summed E-state index contributed by atoms with van der Waals surface area (Å²) in [6.07, 6.45) is -0.317. The molecule has 39 heavy (non-hydrogen) atoms. The number of carbonyl (C=O) groups excluding carboxylic acids is 2. The first-order chi connectivity index (χ1) is 18.9. The number of hydrogen-bond acceptors (Lipinski definition) is 6. The molecule has 0 aliphatic rings. The molecule has 2 amide bonds. The number of nitrogens with one attached hydrogen (secondary N) is 2. The molecule has 0 heterocycles. The van der Waals surface area contributed by atoms with Crippen LogP contribution in [0.2, 0.25) is 0 Å². The molecule has 0 saturated heterocycles. The highest BCUT2D eigenvalue weighted by atomic mass is 19.1. The fourth-order valence-corrected chi connectivity index (χ4v) is 4.02. The normalized spacial score (nSPS) is 12.7. The maximum absolute atomic E-state index is 14.3. The Balaban J connectivity index is 1.60. The first-order valence-corrected chi connectivity index (χ1v) is 12.2. The van der Waals surface area contributed by atoms with Gasteiger partial charge in [-0.15, -0.1) is 0 Å². The van der Waals surface area contributed by atoms with E-state index in [0.29, 0.717) is 17.1 Å². The molecule has 0 aromatic heterocycles. The van der Waals surface area contributed by atoms with Crippen molar-refractivity contribution in [3.8, 4) is 5.75 Å². The van der Waals surface area contributed by atoms with Crippen LogP contribution < -0.4 is 16.4 Å². The number of nitrogens with two attached hydrogens (primary N) is 1. The molecule has 2 atom stereocenters. The number of halogens is 1. The van der Waals surface area contributed by atoms with E-state index in [1.807, 2.05) is 30.3 Å². The van der Waals surface area contributed by atoms with Crippen molar-refractivity contribution in [1.82, 2.24) is 0 Å². The number of anilines is 3. The average Bonchev–Trinajstić information content (AvgIpc) is 2.93. The van der Waals surface area contributed by atoms with E-state index < -0.39 is 35.8 Å². The molecule has 0 aliphatic heterocycles. The highest BCUT2D eigenvalue weighted by Gasteiger charge is 2.27. The van der Waals surface area contributed by atoms with Gasteiger partial charge < -0.3 is 25.6 Å². The van der Waals surface area contributed by atoms with Crippen LogP contribution in [0.4, 0.5) is 26.2 Å². The predicted octanol–water partition coefficient (Wildman–Crippen LogP) is 6.16. The minimum atomic E-state index is -1.17. The van der Waals surface area contributed by atoms with Crippen molar-refractivity contribution < 1.29 is 28.6 Å². The van der Waals surface area contributed by atoms with Gasteiger partial charge in [0.2, 0.25) is 5.91 Å². The summed E-state index contributed by atoms with van der Waals surface area (Å²) >= 11 is 0. The lowest BCUT2D eigenvalue weighted by atomic mass is 10.0. The molecule has 0 fully saturated rings. The minimum absolute atomic E-state index is 0.202. The molecule has 0 aliphatic carbocycles. The maximum Gasteiger partial charge on any atom is 0.412 e. The lowest BCUT2D eigenvalue weighted by Gasteiger charge is -2.25. The second kappa shape index (κ2) is 12.6. The van der Waals surface area contributed by atoms with E-state index in [9.17, 15) is 19.1 Å². The van der Waals surface area contributed by atoms with Gasteiger partial charge in [-0.05, 0) is 54.3 Å². The zero-order valence-corrected chi connectivity index (χ0v) is 21.1. The van der Waals surface area contributed by atoms with Gasteiger partial charge in [0.15, 0.2) is 17.7 Å². The van der Waals surface area contributed by atoms with E-state index in [2.05, 4.69) is 10.6 Å². The van der Waals surface area contributed by atoms with Crippen molar-refractivity contribution >= 4 is 39.8 Å². The summed E-state index contributed by atoms with van der Waals surface area (Å²) in [7, 11) is 0. The standard InChI is InChI=1S/C30H28FN3O5/c1-2-38-27(16-17-28(36)33-25-12-6-5-11-23(25)32)29(20-14-15-26(35)22(31)18-20)39-30(37)34-24-13-7-9-19-8-3-4-10-21(19)24/h3-18,27,29,35H,2,32H2,1H3,(H,33,36)(H,34,37)/b17-16+/t27-,29-/m1/s1. The van der Waals surface area contributed by atoms with Gasteiger partial charge in [0.1, 0.15) is 6.10 Å². The van der Waals surface area contributed by atoms with Crippen LogP contribution in [0.25, 0.3) is 10.8 Å². The van der Waals surface area contributed by atoms with E-state index >= 15 is 0 Å². The largest absolute Gasteiger partial charge is 0.505 e. The van der Waals surface area contributed by atoms with Gasteiger partial charge in [-0.3, -0.25) is 10.1 Å². The number of aromatic hydroxyl groups is 1. The fraction of sp³-hybridized carbons (Fsp3) is 0.133. The van der Waals surface area contributed by atoms with Crippen LogP contribution in [0, 0.1) is 5.82 Å².